The molecule has 9 heterocycles. The van der Waals surface area contributed by atoms with Crippen LogP contribution >= 0.6 is 0 Å². The number of pyridine rings is 6. The van der Waals surface area contributed by atoms with Crippen LogP contribution in [0.5, 0.6) is 0 Å². The Kier molecular flexibility index (Phi) is 30.0. The summed E-state index contributed by atoms with van der Waals surface area (Å²) < 4.78 is 53.7. The molecule has 7 aromatic heterocycles. The summed E-state index contributed by atoms with van der Waals surface area (Å²) in [5, 5.41) is 14.7. The Balaban J connectivity index is 0.000000137. The quantitative estimate of drug-likeness (QED) is 0.0819. The molecular weight excluding hydrogens is 2250 g/mol. The van der Waals surface area contributed by atoms with Crippen LogP contribution in [0, 0.1) is 43.3 Å². The van der Waals surface area contributed by atoms with Crippen molar-refractivity contribution >= 4 is 111 Å². The number of nitrogens with zero attached hydrogens (tertiary/aromatic N) is 6. The van der Waals surface area contributed by atoms with Crippen LogP contribution in [0.1, 0.15) is 9.81 Å². The fraction of sp³-hybridized carbons (Fsp3) is 0.0690. The number of aromatic nitrogens is 6. The summed E-state index contributed by atoms with van der Waals surface area (Å²) in [6.07, 6.45) is 9.63. The fourth-order valence-electron chi connectivity index (χ4n) is 16.6. The molecule has 17 heteroatoms. The van der Waals surface area contributed by atoms with Crippen LogP contribution in [0.4, 0.5) is 0 Å². The van der Waals surface area contributed by atoms with Crippen molar-refractivity contribution < 1.29 is 77.3 Å². The molecule has 13 aromatic carbocycles. The number of rotatable bonds is 13. The van der Waals surface area contributed by atoms with Crippen molar-refractivity contribution in [3.8, 4) is 89.8 Å². The average molecular weight is 2340 g/mol. The molecule has 0 bridgehead atoms. The van der Waals surface area contributed by atoms with Crippen molar-refractivity contribution in [1.82, 2.24) is 29.9 Å². The minimum atomic E-state index is -3.50. The molecule has 2 aliphatic rings. The molecular formula is C116H94Ir3N6O3SSi4-6. The van der Waals surface area contributed by atoms with Crippen molar-refractivity contribution in [3.63, 3.8) is 0 Å². The minimum absolute atomic E-state index is 0. The number of benzene rings is 13. The molecule has 0 unspecified atom stereocenters. The molecule has 0 amide bonds. The third kappa shape index (κ3) is 21.4. The zero-order valence-electron chi connectivity index (χ0n) is 77.2. The number of para-hydroxylation sites is 1. The normalized spacial score (nSPS) is 12.5. The Bertz CT molecular complexity index is 7320. The topological polar surface area (TPSA) is 125 Å². The van der Waals surface area contributed by atoms with Gasteiger partial charge in [0.15, 0.2) is 17.9 Å². The summed E-state index contributed by atoms with van der Waals surface area (Å²) >= 11 is 0. The molecule has 661 valence electrons. The number of hydrogen-bond donors (Lipinski definition) is 0. The Hall–Kier alpha value is -12.7. The first-order valence-corrected chi connectivity index (χ1v) is 56.2. The van der Waals surface area contributed by atoms with Gasteiger partial charge in [0.2, 0.25) is 0 Å². The molecule has 2 aliphatic heterocycles. The average Bonchev–Trinajstić information content (AvgIpc) is 1.53. The van der Waals surface area contributed by atoms with Crippen LogP contribution in [-0.4, -0.2) is 70.6 Å². The molecule has 0 spiro atoms. The maximum Gasteiger partial charge on any atom is 0.189 e. The molecule has 0 saturated heterocycles. The summed E-state index contributed by atoms with van der Waals surface area (Å²) in [5.41, 5.74) is 16.8. The van der Waals surface area contributed by atoms with Gasteiger partial charge in [-0.3, -0.25) is 0 Å². The first kappa shape index (κ1) is 92.2. The van der Waals surface area contributed by atoms with Crippen molar-refractivity contribution in [3.05, 3.63) is 467 Å². The van der Waals surface area contributed by atoms with Crippen LogP contribution in [0.3, 0.4) is 0 Å². The summed E-state index contributed by atoms with van der Waals surface area (Å²) in [4.78, 5) is 27.6. The van der Waals surface area contributed by atoms with E-state index in [1.54, 1.807) is 54.9 Å². The van der Waals surface area contributed by atoms with Gasteiger partial charge in [-0.05, 0) is 113 Å². The monoisotopic (exact) mass is 2340 g/mol. The van der Waals surface area contributed by atoms with Crippen molar-refractivity contribution in [1.29, 1.82) is 0 Å². The predicted molar refractivity (Wildman–Crippen MR) is 546 cm³/mol. The van der Waals surface area contributed by atoms with E-state index < -0.39 is 49.0 Å². The summed E-state index contributed by atoms with van der Waals surface area (Å²) in [7, 11) is -11.0. The van der Waals surface area contributed by atoms with E-state index in [1.807, 2.05) is 164 Å². The predicted octanol–water partition coefficient (Wildman–Crippen LogP) is 21.9. The second kappa shape index (κ2) is 43.3. The smallest absolute Gasteiger partial charge is 0.189 e. The number of furan rings is 1. The third-order valence-electron chi connectivity index (χ3n) is 23.8. The van der Waals surface area contributed by atoms with Crippen molar-refractivity contribution in [2.45, 2.75) is 62.5 Å². The maximum absolute atomic E-state index is 13.0. The first-order valence-electron chi connectivity index (χ1n) is 44.7. The van der Waals surface area contributed by atoms with Crippen LogP contribution in [0.2, 0.25) is 45.8 Å². The van der Waals surface area contributed by atoms with Gasteiger partial charge in [-0.2, -0.15) is 0 Å². The maximum atomic E-state index is 13.0. The SMILES string of the molecule is C[Si](C)(C)c1ccc(-c2[c-]cc3oc4ccccc4c3c2)nc1.C[Si](C)(c1ccccc1)c1ccc(-c2[c-]cc3c(c2)S(=O)(=O)c2ccccc2-3)nc1.C[Si](C)(c1ccccc1)c1ccc(-c2[c-]cc3c(c2)[Si](c2ccccc2)(c2ccccc2)c2ccccc2-3)nc1.[2H]C([2H])([2H])c1cccc(-c2[c-]cccc2)n1.[Ir].[Ir].[Ir].[c-]1ccccc1-c1ccccn1.[c-]1ccccc1-c1ccccn1. The van der Waals surface area contributed by atoms with Gasteiger partial charge in [0.05, 0.1) is 18.6 Å². The summed E-state index contributed by atoms with van der Waals surface area (Å²) in [6, 6.07) is 152. The van der Waals surface area contributed by atoms with E-state index in [4.69, 9.17) is 13.5 Å². The van der Waals surface area contributed by atoms with E-state index in [0.717, 1.165) is 83.8 Å². The Morgan fingerprint density at radius 2 is 0.737 bits per heavy atom. The van der Waals surface area contributed by atoms with Gasteiger partial charge in [0, 0.05) is 106 Å². The van der Waals surface area contributed by atoms with Crippen molar-refractivity contribution in [2.75, 3.05) is 0 Å². The fourth-order valence-corrected chi connectivity index (χ4v) is 29.0. The molecule has 3 radical (unpaired) electrons. The molecule has 0 saturated carbocycles. The first-order chi connectivity index (χ1) is 64.5. The zero-order chi connectivity index (χ0) is 92.2. The number of aryl methyl sites for hydroxylation is 1. The van der Waals surface area contributed by atoms with E-state index in [0.29, 0.717) is 26.6 Å². The molecule has 20 aromatic rings. The Morgan fingerprint density at radius 1 is 0.308 bits per heavy atom. The Morgan fingerprint density at radius 3 is 1.23 bits per heavy atom. The minimum Gasteiger partial charge on any atom is -0.500 e. The van der Waals surface area contributed by atoms with E-state index in [-0.39, 0.29) is 66.0 Å². The molecule has 0 aliphatic carbocycles. The number of fused-ring (bicyclic) bond motifs is 9. The molecule has 0 fully saturated rings. The molecule has 9 nitrogen and oxygen atoms in total. The van der Waals surface area contributed by atoms with Crippen LogP contribution in [0.25, 0.3) is 112 Å². The van der Waals surface area contributed by atoms with Gasteiger partial charge in [0.25, 0.3) is 0 Å². The number of sulfone groups is 1. The van der Waals surface area contributed by atoms with Gasteiger partial charge in [-0.15, -0.1) is 184 Å². The Labute approximate surface area is 830 Å². The van der Waals surface area contributed by atoms with Crippen LogP contribution < -0.4 is 46.7 Å². The zero-order valence-corrected chi connectivity index (χ0v) is 86.2. The van der Waals surface area contributed by atoms with Crippen LogP contribution in [0.15, 0.2) is 440 Å². The summed E-state index contributed by atoms with van der Waals surface area (Å²) in [5.74, 6) is 0. The summed E-state index contributed by atoms with van der Waals surface area (Å²) in [6.45, 7) is 14.3. The van der Waals surface area contributed by atoms with Crippen molar-refractivity contribution in [2.24, 2.45) is 0 Å². The van der Waals surface area contributed by atoms with Gasteiger partial charge in [0.1, 0.15) is 21.7 Å². The molecule has 133 heavy (non-hydrogen) atoms. The largest absolute Gasteiger partial charge is 0.500 e. The van der Waals surface area contributed by atoms with E-state index in [2.05, 4.69) is 307 Å². The van der Waals surface area contributed by atoms with Gasteiger partial charge in [-0.25, -0.2) is 8.42 Å². The van der Waals surface area contributed by atoms with Gasteiger partial charge >= 0.3 is 0 Å². The van der Waals surface area contributed by atoms with E-state index >= 15 is 0 Å². The van der Waals surface area contributed by atoms with Gasteiger partial charge in [-0.1, -0.05) is 333 Å². The van der Waals surface area contributed by atoms with Gasteiger partial charge < -0.3 is 34.3 Å². The second-order valence-corrected chi connectivity index (χ2v) is 53.2. The molecule has 0 atom stereocenters. The molecule has 22 rings (SSSR count). The van der Waals surface area contributed by atoms with E-state index in [1.165, 1.54) is 63.9 Å². The van der Waals surface area contributed by atoms with E-state index in [9.17, 15) is 8.42 Å². The second-order valence-electron chi connectivity index (χ2n) is 33.7. The standard InChI is InChI=1S/C37H30NSi2.C25H20NO2SSi.C20H18NOSi.C12H10N.2C11H8N.3Ir/c1-39(2,29-14-6-3-7-15-29)32-23-25-35(38-27-32)28-22-24-34-33-20-12-13-21-36(33)40(37(34)26-28,30-16-8-4-9-17-30)31-18-10-5-11-19-31;1-30(2,19-8-4-3-5-9-19)20-13-15-23(26-17-20)18-12-14-22-21-10-6-7-11-24(21)29(27,28)25(22)16-18;1-23(2,3)15-9-10-18(21-13-15)14-8-11-20-17(12-14)16-6-4-5-7-19(16)22-20;1-10-6-5-9-12(13-10)11-7-3-2-4-8-11;2*1-2-6-10(7-3-1)11-8-4-5-9-12-11;;;/h3-21,23-27H,1-2H3;3-11,13-17H,1-2H3;4-7,9-13H,1-3H3;2-7,9H,1H3;2*1-6,8-9H;;;/q6*-1;;;/i;;;1D3;;;;;. The third-order valence-corrected chi connectivity index (χ3v) is 39.6. The molecule has 0 N–H and O–H groups in total. The number of hydrogen-bond acceptors (Lipinski definition) is 9. The van der Waals surface area contributed by atoms with Crippen LogP contribution in [-0.2, 0) is 70.2 Å².